The molecule has 0 fully saturated rings. The van der Waals surface area contributed by atoms with E-state index in [-0.39, 0.29) is 5.78 Å². The lowest BCUT2D eigenvalue weighted by molar-refractivity contribution is 0.102. The van der Waals surface area contributed by atoms with Crippen molar-refractivity contribution in [3.63, 3.8) is 0 Å². The number of nitrogens with zero attached hydrogens (tertiary/aromatic N) is 3. The van der Waals surface area contributed by atoms with E-state index in [2.05, 4.69) is 24.0 Å². The van der Waals surface area contributed by atoms with Crippen molar-refractivity contribution < 1.29 is 4.79 Å². The van der Waals surface area contributed by atoms with E-state index in [0.29, 0.717) is 5.75 Å². The highest BCUT2D eigenvalue weighted by Crippen LogP contribution is 2.23. The number of hydrogen-bond donors (Lipinski definition) is 0. The van der Waals surface area contributed by atoms with Gasteiger partial charge < -0.3 is 4.57 Å². The Labute approximate surface area is 123 Å². The van der Waals surface area contributed by atoms with Gasteiger partial charge in [-0.3, -0.25) is 4.79 Å². The molecule has 0 aliphatic heterocycles. The Balaban J connectivity index is 2.20. The topological polar surface area (TPSA) is 47.8 Å². The van der Waals surface area contributed by atoms with E-state index >= 15 is 0 Å². The van der Waals surface area contributed by atoms with Crippen LogP contribution < -0.4 is 0 Å². The summed E-state index contributed by atoms with van der Waals surface area (Å²) in [6, 6.07) is 2.00. The highest BCUT2D eigenvalue weighted by Gasteiger charge is 2.15. The van der Waals surface area contributed by atoms with Gasteiger partial charge in [0.15, 0.2) is 10.9 Å². The molecule has 0 bridgehead atoms. The first kappa shape index (κ1) is 14.8. The van der Waals surface area contributed by atoms with Crippen LogP contribution in [0.4, 0.5) is 0 Å². The van der Waals surface area contributed by atoms with Gasteiger partial charge in [0.2, 0.25) is 0 Å². The zero-order valence-electron chi connectivity index (χ0n) is 12.5. The van der Waals surface area contributed by atoms with Crippen LogP contribution in [0.5, 0.6) is 0 Å². The number of aromatic nitrogens is 3. The molecule has 1 aromatic heterocycles. The van der Waals surface area contributed by atoms with Crippen LogP contribution in [0.25, 0.3) is 0 Å². The zero-order valence-corrected chi connectivity index (χ0v) is 13.3. The summed E-state index contributed by atoms with van der Waals surface area (Å²) >= 11 is 1.42. The monoisotopic (exact) mass is 289 g/mol. The van der Waals surface area contributed by atoms with Crippen LogP contribution in [0.1, 0.15) is 32.6 Å². The van der Waals surface area contributed by atoms with Crippen molar-refractivity contribution in [2.45, 2.75) is 32.9 Å². The lowest BCUT2D eigenvalue weighted by Gasteiger charge is -2.13. The van der Waals surface area contributed by atoms with Gasteiger partial charge in [-0.25, -0.2) is 0 Å². The second-order valence-corrected chi connectivity index (χ2v) is 5.99. The molecule has 1 aromatic carbocycles. The summed E-state index contributed by atoms with van der Waals surface area (Å²) in [5.74, 6) is 0.525. The van der Waals surface area contributed by atoms with Gasteiger partial charge >= 0.3 is 0 Å². The molecule has 20 heavy (non-hydrogen) atoms. The molecule has 2 rings (SSSR count). The third-order valence-corrected chi connectivity index (χ3v) is 4.82. The van der Waals surface area contributed by atoms with Crippen molar-refractivity contribution in [2.75, 3.05) is 5.75 Å². The molecule has 0 saturated carbocycles. The van der Waals surface area contributed by atoms with E-state index in [1.165, 1.54) is 28.5 Å². The van der Waals surface area contributed by atoms with E-state index in [0.717, 1.165) is 16.3 Å². The molecule has 4 nitrogen and oxygen atoms in total. The van der Waals surface area contributed by atoms with Gasteiger partial charge in [0.1, 0.15) is 6.33 Å². The van der Waals surface area contributed by atoms with E-state index in [4.69, 9.17) is 0 Å². The molecular formula is C15H19N3OS. The van der Waals surface area contributed by atoms with E-state index < -0.39 is 0 Å². The lowest BCUT2D eigenvalue weighted by Crippen LogP contribution is -2.08. The highest BCUT2D eigenvalue weighted by atomic mass is 32.2. The Kier molecular flexibility index (Phi) is 4.28. The second-order valence-electron chi connectivity index (χ2n) is 5.05. The van der Waals surface area contributed by atoms with Gasteiger partial charge in [-0.05, 0) is 56.0 Å². The first-order valence-corrected chi connectivity index (χ1v) is 7.47. The number of rotatable bonds is 4. The molecular weight excluding hydrogens is 270 g/mol. The minimum Gasteiger partial charge on any atom is -0.312 e. The maximum atomic E-state index is 12.4. The Morgan fingerprint density at radius 2 is 1.90 bits per heavy atom. The summed E-state index contributed by atoms with van der Waals surface area (Å²) < 4.78 is 1.82. The lowest BCUT2D eigenvalue weighted by atomic mass is 9.93. The molecule has 0 saturated heterocycles. The Bertz CT molecular complexity index is 661. The largest absolute Gasteiger partial charge is 0.312 e. The quantitative estimate of drug-likeness (QED) is 0.641. The molecule has 0 aliphatic carbocycles. The van der Waals surface area contributed by atoms with Crippen LogP contribution in [-0.2, 0) is 7.05 Å². The van der Waals surface area contributed by atoms with Crippen LogP contribution in [0.3, 0.4) is 0 Å². The number of thioether (sulfide) groups is 1. The fourth-order valence-electron chi connectivity index (χ4n) is 2.11. The predicted octanol–water partition coefficient (Wildman–Crippen LogP) is 3.02. The third-order valence-electron chi connectivity index (χ3n) is 3.78. The van der Waals surface area contributed by atoms with E-state index in [1.807, 2.05) is 31.5 Å². The average Bonchev–Trinajstić information content (AvgIpc) is 2.83. The third kappa shape index (κ3) is 2.77. The molecule has 0 amide bonds. The minimum atomic E-state index is 0.140. The SMILES string of the molecule is Cc1cc(C(=O)CSc2nncn2C)c(C)c(C)c1C. The van der Waals surface area contributed by atoms with E-state index in [9.17, 15) is 4.79 Å². The van der Waals surface area contributed by atoms with Crippen molar-refractivity contribution in [2.24, 2.45) is 7.05 Å². The fraction of sp³-hybridized carbons (Fsp3) is 0.400. The Morgan fingerprint density at radius 3 is 2.50 bits per heavy atom. The second kappa shape index (κ2) is 5.79. The average molecular weight is 289 g/mol. The Morgan fingerprint density at radius 1 is 1.20 bits per heavy atom. The summed E-state index contributed by atoms with van der Waals surface area (Å²) in [6.07, 6.45) is 1.64. The summed E-state index contributed by atoms with van der Waals surface area (Å²) in [5.41, 5.74) is 5.54. The number of aryl methyl sites for hydroxylation is 2. The molecule has 0 spiro atoms. The molecule has 5 heteroatoms. The summed E-state index contributed by atoms with van der Waals surface area (Å²) in [6.45, 7) is 8.24. The molecule has 106 valence electrons. The summed E-state index contributed by atoms with van der Waals surface area (Å²) in [7, 11) is 1.87. The van der Waals surface area contributed by atoms with Gasteiger partial charge in [0.05, 0.1) is 5.75 Å². The van der Waals surface area contributed by atoms with Crippen LogP contribution >= 0.6 is 11.8 Å². The number of hydrogen-bond acceptors (Lipinski definition) is 4. The molecule has 0 radical (unpaired) electrons. The summed E-state index contributed by atoms with van der Waals surface area (Å²) in [5, 5.41) is 8.55. The van der Waals surface area contributed by atoms with Gasteiger partial charge in [-0.1, -0.05) is 11.8 Å². The van der Waals surface area contributed by atoms with Gasteiger partial charge in [0.25, 0.3) is 0 Å². The predicted molar refractivity (Wildman–Crippen MR) is 81.4 cm³/mol. The van der Waals surface area contributed by atoms with Crippen LogP contribution in [0.15, 0.2) is 17.6 Å². The van der Waals surface area contributed by atoms with Crippen molar-refractivity contribution in [1.29, 1.82) is 0 Å². The first-order valence-electron chi connectivity index (χ1n) is 6.49. The van der Waals surface area contributed by atoms with Crippen LogP contribution in [0, 0.1) is 27.7 Å². The van der Waals surface area contributed by atoms with Gasteiger partial charge in [0, 0.05) is 12.6 Å². The van der Waals surface area contributed by atoms with Crippen molar-refractivity contribution in [3.8, 4) is 0 Å². The maximum absolute atomic E-state index is 12.4. The molecule has 2 aromatic rings. The van der Waals surface area contributed by atoms with Crippen molar-refractivity contribution in [1.82, 2.24) is 14.8 Å². The molecule has 0 atom stereocenters. The Hall–Kier alpha value is -1.62. The molecule has 0 N–H and O–H groups in total. The van der Waals surface area contributed by atoms with Gasteiger partial charge in [-0.15, -0.1) is 10.2 Å². The fourth-order valence-corrected chi connectivity index (χ4v) is 2.88. The smallest absolute Gasteiger partial charge is 0.191 e. The minimum absolute atomic E-state index is 0.140. The summed E-state index contributed by atoms with van der Waals surface area (Å²) in [4.78, 5) is 12.4. The molecule has 0 aliphatic rings. The number of carbonyl (C=O) groups is 1. The standard InChI is InChI=1S/C15H19N3OS/c1-9-6-13(12(4)11(3)10(9)2)14(19)7-20-15-17-16-8-18(15)5/h6,8H,7H2,1-5H3. The number of ketones is 1. The number of carbonyl (C=O) groups excluding carboxylic acids is 1. The van der Waals surface area contributed by atoms with Crippen molar-refractivity contribution >= 4 is 17.5 Å². The normalized spacial score (nSPS) is 10.8. The zero-order chi connectivity index (χ0) is 14.9. The van der Waals surface area contributed by atoms with Crippen molar-refractivity contribution in [3.05, 3.63) is 40.2 Å². The van der Waals surface area contributed by atoms with Gasteiger partial charge in [-0.2, -0.15) is 0 Å². The maximum Gasteiger partial charge on any atom is 0.191 e. The number of Topliss-reactive ketones (excluding diaryl/α,β-unsaturated/α-hetero) is 1. The van der Waals surface area contributed by atoms with Crippen LogP contribution in [0.2, 0.25) is 0 Å². The van der Waals surface area contributed by atoms with E-state index in [1.54, 1.807) is 6.33 Å². The van der Waals surface area contributed by atoms with Crippen LogP contribution in [-0.4, -0.2) is 26.3 Å². The highest BCUT2D eigenvalue weighted by molar-refractivity contribution is 7.99. The molecule has 1 heterocycles. The molecule has 0 unspecified atom stereocenters. The number of benzene rings is 1. The first-order chi connectivity index (χ1) is 9.41.